The fourth-order valence-corrected chi connectivity index (χ4v) is 3.74. The molecule has 0 saturated carbocycles. The summed E-state index contributed by atoms with van der Waals surface area (Å²) in [5.74, 6) is -2.46. The summed E-state index contributed by atoms with van der Waals surface area (Å²) < 4.78 is 31.0. The molecule has 15 heteroatoms. The molecule has 236 valence electrons. The monoisotopic (exact) mass is 629 g/mol. The lowest BCUT2D eigenvalue weighted by molar-refractivity contribution is 0.0697. The summed E-state index contributed by atoms with van der Waals surface area (Å²) in [5, 5.41) is 32.6. The highest BCUT2D eigenvalue weighted by atomic mass is 32.2. The van der Waals surface area contributed by atoms with Crippen molar-refractivity contribution in [1.82, 2.24) is 10.3 Å². The Morgan fingerprint density at radius 1 is 1.00 bits per heavy atom. The number of amidine groups is 1. The quantitative estimate of drug-likeness (QED) is 0.103. The smallest absolute Gasteiger partial charge is 0.336 e. The van der Waals surface area contributed by atoms with E-state index in [0.29, 0.717) is 17.5 Å². The van der Waals surface area contributed by atoms with E-state index in [2.05, 4.69) is 15.6 Å². The van der Waals surface area contributed by atoms with Crippen LogP contribution in [0.5, 0.6) is 5.88 Å². The highest BCUT2D eigenvalue weighted by Crippen LogP contribution is 2.30. The molecule has 1 atom stereocenters. The summed E-state index contributed by atoms with van der Waals surface area (Å²) in [4.78, 5) is 42.7. The van der Waals surface area contributed by atoms with Gasteiger partial charge in [-0.15, -0.1) is 0 Å². The molecule has 2 amide bonds. The van der Waals surface area contributed by atoms with Crippen molar-refractivity contribution in [3.8, 4) is 17.0 Å². The number of amides is 2. The van der Waals surface area contributed by atoms with Gasteiger partial charge in [-0.1, -0.05) is 26.8 Å². The molecule has 0 aliphatic rings. The van der Waals surface area contributed by atoms with Gasteiger partial charge in [0.15, 0.2) is 0 Å². The van der Waals surface area contributed by atoms with Gasteiger partial charge < -0.3 is 31.3 Å². The predicted molar refractivity (Wildman–Crippen MR) is 164 cm³/mol. The first-order chi connectivity index (χ1) is 20.3. The number of nitrogen functional groups attached to an aromatic ring is 1. The van der Waals surface area contributed by atoms with Crippen LogP contribution in [-0.2, 0) is 10.1 Å². The summed E-state index contributed by atoms with van der Waals surface area (Å²) >= 11 is 0. The molecule has 0 saturated heterocycles. The number of ether oxygens (including phenoxy) is 1. The van der Waals surface area contributed by atoms with Crippen molar-refractivity contribution in [2.24, 2.45) is 11.1 Å². The number of nitrogens with one attached hydrogen (secondary N) is 3. The number of aliphatic hydroxyl groups excluding tert-OH is 1. The number of anilines is 1. The second-order valence-corrected chi connectivity index (χ2v) is 12.0. The van der Waals surface area contributed by atoms with Gasteiger partial charge in [0.1, 0.15) is 11.5 Å². The summed E-state index contributed by atoms with van der Waals surface area (Å²) in [6.45, 7) is 5.30. The molecule has 0 aliphatic carbocycles. The van der Waals surface area contributed by atoms with E-state index in [1.807, 2.05) is 20.8 Å². The van der Waals surface area contributed by atoms with E-state index < -0.39 is 39.4 Å². The molecule has 1 aromatic heterocycles. The molecule has 0 bridgehead atoms. The number of hydrogen-bond donors (Lipinski definition) is 7. The SMILES string of the molecule is COc1ccc(-c2ccc(C(=O)N[C@H](CO)C(C)(C)C)cc2C(=O)O)c(C(=O)Nc2ccc(C(=N)N)cc2)n1.CS(=O)(=O)O. The molecule has 44 heavy (non-hydrogen) atoms. The van der Waals surface area contributed by atoms with Gasteiger partial charge in [-0.3, -0.25) is 19.6 Å². The molecular weight excluding hydrogens is 594 g/mol. The Hall–Kier alpha value is -4.86. The van der Waals surface area contributed by atoms with Gasteiger partial charge in [-0.2, -0.15) is 8.42 Å². The maximum Gasteiger partial charge on any atom is 0.336 e. The van der Waals surface area contributed by atoms with Crippen molar-refractivity contribution in [2.75, 3.05) is 25.3 Å². The third kappa shape index (κ3) is 10.1. The number of hydrogen-bond acceptors (Lipinski definition) is 9. The van der Waals surface area contributed by atoms with Crippen LogP contribution in [0.15, 0.2) is 54.6 Å². The van der Waals surface area contributed by atoms with Crippen molar-refractivity contribution < 1.29 is 42.3 Å². The van der Waals surface area contributed by atoms with Gasteiger partial charge in [-0.25, -0.2) is 9.78 Å². The number of methoxy groups -OCH3 is 1. The van der Waals surface area contributed by atoms with E-state index in [1.165, 1.54) is 37.4 Å². The Balaban J connectivity index is 0.00000125. The number of aromatic carboxylic acids is 1. The van der Waals surface area contributed by atoms with Gasteiger partial charge >= 0.3 is 5.97 Å². The number of nitrogens with two attached hydrogens (primary N) is 1. The van der Waals surface area contributed by atoms with Crippen molar-refractivity contribution >= 4 is 39.4 Å². The summed E-state index contributed by atoms with van der Waals surface area (Å²) in [7, 11) is -2.28. The lowest BCUT2D eigenvalue weighted by Gasteiger charge is -2.29. The van der Waals surface area contributed by atoms with E-state index >= 15 is 0 Å². The van der Waals surface area contributed by atoms with Crippen LogP contribution < -0.4 is 21.1 Å². The molecule has 3 rings (SSSR count). The van der Waals surface area contributed by atoms with Crippen molar-refractivity contribution in [3.63, 3.8) is 0 Å². The third-order valence-electron chi connectivity index (χ3n) is 6.08. The Kier molecular flexibility index (Phi) is 11.7. The highest BCUT2D eigenvalue weighted by Gasteiger charge is 2.27. The number of carboxylic acids is 1. The van der Waals surface area contributed by atoms with Crippen LogP contribution in [0.1, 0.15) is 57.5 Å². The molecule has 1 heterocycles. The van der Waals surface area contributed by atoms with E-state index in [0.717, 1.165) is 0 Å². The molecule has 0 fully saturated rings. The zero-order valence-electron chi connectivity index (χ0n) is 24.7. The average Bonchev–Trinajstić information content (AvgIpc) is 2.93. The third-order valence-corrected chi connectivity index (χ3v) is 6.08. The predicted octanol–water partition coefficient (Wildman–Crippen LogP) is 2.63. The summed E-state index contributed by atoms with van der Waals surface area (Å²) in [6.07, 6.45) is 0.715. The maximum absolute atomic E-state index is 13.3. The van der Waals surface area contributed by atoms with Crippen LogP contribution in [0.2, 0.25) is 0 Å². The normalized spacial score (nSPS) is 11.8. The second kappa shape index (κ2) is 14.5. The number of carbonyl (C=O) groups is 3. The van der Waals surface area contributed by atoms with Crippen LogP contribution in [-0.4, -0.2) is 77.8 Å². The first kappa shape index (κ1) is 35.3. The highest BCUT2D eigenvalue weighted by molar-refractivity contribution is 7.85. The minimum absolute atomic E-state index is 0.0804. The lowest BCUT2D eigenvalue weighted by Crippen LogP contribution is -2.46. The van der Waals surface area contributed by atoms with Crippen molar-refractivity contribution in [1.29, 1.82) is 5.41 Å². The number of aliphatic hydroxyl groups is 1. The fourth-order valence-electron chi connectivity index (χ4n) is 3.74. The average molecular weight is 630 g/mol. The van der Waals surface area contributed by atoms with E-state index in [4.69, 9.17) is 20.4 Å². The number of benzene rings is 2. The molecular formula is C29H35N5O9S. The second-order valence-electron chi connectivity index (χ2n) is 10.6. The van der Waals surface area contributed by atoms with Gasteiger partial charge in [0, 0.05) is 28.4 Å². The van der Waals surface area contributed by atoms with E-state index in [1.54, 1.807) is 24.3 Å². The molecule has 8 N–H and O–H groups in total. The number of aromatic nitrogens is 1. The van der Waals surface area contributed by atoms with Gasteiger partial charge in [0.2, 0.25) is 5.88 Å². The minimum atomic E-state index is -3.67. The topological polar surface area (TPSA) is 242 Å². The molecule has 0 aliphatic heterocycles. The van der Waals surface area contributed by atoms with Gasteiger partial charge in [0.25, 0.3) is 21.9 Å². The number of carbonyl (C=O) groups excluding carboxylic acids is 2. The first-order valence-electron chi connectivity index (χ1n) is 12.9. The number of carboxylic acid groups (broad SMARTS) is 1. The largest absolute Gasteiger partial charge is 0.481 e. The van der Waals surface area contributed by atoms with E-state index in [-0.39, 0.29) is 46.3 Å². The first-order valence-corrected chi connectivity index (χ1v) is 14.7. The number of rotatable bonds is 9. The standard InChI is InChI=1S/C28H31N5O6.CH4O3S/c1-28(2,3)21(14-34)32-25(35)16-7-10-18(20(13-16)27(37)38)19-11-12-22(39-4)33-23(19)26(36)31-17-8-5-15(6-9-17)24(29)30;1-5(2,3)4/h5-13,21,34H,14H2,1-4H3,(H3,29,30)(H,31,36)(H,32,35)(H,37,38);1H3,(H,2,3,4)/t21-;/m1./s1. The number of nitrogens with zero attached hydrogens (tertiary/aromatic N) is 1. The van der Waals surface area contributed by atoms with Gasteiger partial charge in [-0.05, 0) is 53.4 Å². The lowest BCUT2D eigenvalue weighted by atomic mass is 9.87. The fraction of sp³-hybridized carbons (Fsp3) is 0.276. The Labute approximate surface area is 254 Å². The molecule has 0 radical (unpaired) electrons. The number of pyridine rings is 1. The summed E-state index contributed by atoms with van der Waals surface area (Å²) in [5.41, 5.74) is 6.08. The van der Waals surface area contributed by atoms with Crippen LogP contribution in [0.3, 0.4) is 0 Å². The van der Waals surface area contributed by atoms with Crippen LogP contribution in [0, 0.1) is 10.8 Å². The molecule has 3 aromatic rings. The maximum atomic E-state index is 13.3. The molecule has 0 unspecified atom stereocenters. The van der Waals surface area contributed by atoms with Crippen molar-refractivity contribution in [2.45, 2.75) is 26.8 Å². The Morgan fingerprint density at radius 3 is 2.02 bits per heavy atom. The van der Waals surface area contributed by atoms with Gasteiger partial charge in [0.05, 0.1) is 31.6 Å². The van der Waals surface area contributed by atoms with E-state index in [9.17, 15) is 33.0 Å². The minimum Gasteiger partial charge on any atom is -0.481 e. The van der Waals surface area contributed by atoms with Crippen LogP contribution >= 0.6 is 0 Å². The molecule has 14 nitrogen and oxygen atoms in total. The zero-order chi connectivity index (χ0) is 33.4. The molecule has 0 spiro atoms. The van der Waals surface area contributed by atoms with Crippen LogP contribution in [0.25, 0.3) is 11.1 Å². The zero-order valence-corrected chi connectivity index (χ0v) is 25.5. The Bertz CT molecular complexity index is 1640. The Morgan fingerprint density at radius 2 is 1.55 bits per heavy atom. The molecule has 2 aromatic carbocycles. The van der Waals surface area contributed by atoms with Crippen LogP contribution in [0.4, 0.5) is 5.69 Å². The van der Waals surface area contributed by atoms with Crippen molar-refractivity contribution in [3.05, 3.63) is 77.0 Å². The summed E-state index contributed by atoms with van der Waals surface area (Å²) in [6, 6.07) is 12.9.